The van der Waals surface area contributed by atoms with Gasteiger partial charge >= 0.3 is 6.18 Å². The molecular weight excluding hydrogens is 395 g/mol. The number of carbonyl (C=O) groups excluding carboxylic acids is 2. The standard InChI is InChI=1S/C22H24F3N3O2/c23-22(24,25)17-9-10-19(28-13-5-2-6-14-28)18(15-17)27-20(29)11-12-26-21(30)16-7-3-1-4-8-16/h1,3-4,7-10,15H,2,5-6,11-14H2,(H,26,30)(H,27,29). The van der Waals surface area contributed by atoms with Crippen molar-refractivity contribution in [3.05, 3.63) is 59.7 Å². The van der Waals surface area contributed by atoms with Crippen LogP contribution in [-0.4, -0.2) is 31.4 Å². The molecule has 30 heavy (non-hydrogen) atoms. The van der Waals surface area contributed by atoms with E-state index in [1.807, 2.05) is 4.90 Å². The van der Waals surface area contributed by atoms with Crippen LogP contribution in [0.2, 0.25) is 0 Å². The zero-order valence-electron chi connectivity index (χ0n) is 16.5. The highest BCUT2D eigenvalue weighted by atomic mass is 19.4. The van der Waals surface area contributed by atoms with Gasteiger partial charge in [-0.15, -0.1) is 0 Å². The summed E-state index contributed by atoms with van der Waals surface area (Å²) in [7, 11) is 0. The Hall–Kier alpha value is -3.03. The van der Waals surface area contributed by atoms with Gasteiger partial charge < -0.3 is 15.5 Å². The molecule has 1 heterocycles. The Morgan fingerprint density at radius 1 is 0.967 bits per heavy atom. The van der Waals surface area contributed by atoms with Crippen LogP contribution in [0.1, 0.15) is 41.6 Å². The van der Waals surface area contributed by atoms with Gasteiger partial charge in [-0.3, -0.25) is 9.59 Å². The Bertz CT molecular complexity index is 879. The second-order valence-electron chi connectivity index (χ2n) is 7.20. The van der Waals surface area contributed by atoms with Crippen LogP contribution in [0.15, 0.2) is 48.5 Å². The molecule has 1 aliphatic heterocycles. The van der Waals surface area contributed by atoms with Gasteiger partial charge in [0.2, 0.25) is 5.91 Å². The van der Waals surface area contributed by atoms with Crippen LogP contribution in [0.5, 0.6) is 0 Å². The van der Waals surface area contributed by atoms with Crippen molar-refractivity contribution in [1.29, 1.82) is 0 Å². The smallest absolute Gasteiger partial charge is 0.370 e. The number of alkyl halides is 3. The molecule has 0 saturated carbocycles. The third-order valence-corrected chi connectivity index (χ3v) is 4.97. The predicted molar refractivity (Wildman–Crippen MR) is 110 cm³/mol. The maximum Gasteiger partial charge on any atom is 0.416 e. The summed E-state index contributed by atoms with van der Waals surface area (Å²) in [5.74, 6) is -0.766. The molecule has 2 N–H and O–H groups in total. The van der Waals surface area contributed by atoms with Crippen LogP contribution in [0.25, 0.3) is 0 Å². The summed E-state index contributed by atoms with van der Waals surface area (Å²) in [5, 5.41) is 5.24. The van der Waals surface area contributed by atoms with Crippen molar-refractivity contribution < 1.29 is 22.8 Å². The first kappa shape index (κ1) is 21.7. The van der Waals surface area contributed by atoms with Gasteiger partial charge in [-0.05, 0) is 49.6 Å². The summed E-state index contributed by atoms with van der Waals surface area (Å²) in [6.07, 6.45) is -1.54. The van der Waals surface area contributed by atoms with Crippen molar-refractivity contribution in [2.45, 2.75) is 31.9 Å². The molecule has 1 aliphatic rings. The molecule has 0 radical (unpaired) electrons. The van der Waals surface area contributed by atoms with Crippen molar-refractivity contribution in [3.8, 4) is 0 Å². The molecular formula is C22H24F3N3O2. The van der Waals surface area contributed by atoms with Crippen molar-refractivity contribution in [1.82, 2.24) is 5.32 Å². The second kappa shape index (κ2) is 9.65. The summed E-state index contributed by atoms with van der Waals surface area (Å²) in [4.78, 5) is 26.4. The molecule has 3 rings (SSSR count). The third-order valence-electron chi connectivity index (χ3n) is 4.97. The van der Waals surface area contributed by atoms with E-state index in [1.165, 1.54) is 6.07 Å². The molecule has 5 nitrogen and oxygen atoms in total. The molecule has 8 heteroatoms. The number of hydrogen-bond acceptors (Lipinski definition) is 3. The molecule has 0 aromatic heterocycles. The van der Waals surface area contributed by atoms with Gasteiger partial charge in [-0.1, -0.05) is 18.2 Å². The Morgan fingerprint density at radius 2 is 1.67 bits per heavy atom. The Balaban J connectivity index is 1.65. The third kappa shape index (κ3) is 5.75. The summed E-state index contributed by atoms with van der Waals surface area (Å²) in [6.45, 7) is 1.56. The van der Waals surface area contributed by atoms with Gasteiger partial charge in [0, 0.05) is 31.6 Å². The maximum atomic E-state index is 13.2. The van der Waals surface area contributed by atoms with E-state index in [4.69, 9.17) is 0 Å². The highest BCUT2D eigenvalue weighted by molar-refractivity contribution is 5.96. The fourth-order valence-corrected chi connectivity index (χ4v) is 3.42. The lowest BCUT2D eigenvalue weighted by atomic mass is 10.1. The SMILES string of the molecule is O=C(CCNC(=O)c1ccccc1)Nc1cc(C(F)(F)F)ccc1N1CCCCC1. The molecule has 0 aliphatic carbocycles. The number of hydrogen-bond donors (Lipinski definition) is 2. The fraction of sp³-hybridized carbons (Fsp3) is 0.364. The number of halogens is 3. The van der Waals surface area contributed by atoms with Gasteiger partial charge in [0.05, 0.1) is 16.9 Å². The monoisotopic (exact) mass is 419 g/mol. The van der Waals surface area contributed by atoms with Crippen LogP contribution in [0.4, 0.5) is 24.5 Å². The predicted octanol–water partition coefficient (Wildman–Crippen LogP) is 4.45. The molecule has 2 aromatic carbocycles. The van der Waals surface area contributed by atoms with Gasteiger partial charge in [-0.2, -0.15) is 13.2 Å². The fourth-order valence-electron chi connectivity index (χ4n) is 3.42. The summed E-state index contributed by atoms with van der Waals surface area (Å²) < 4.78 is 39.5. The molecule has 0 spiro atoms. The summed E-state index contributed by atoms with van der Waals surface area (Å²) >= 11 is 0. The van der Waals surface area contributed by atoms with E-state index in [2.05, 4.69) is 10.6 Å². The van der Waals surface area contributed by atoms with Crippen molar-refractivity contribution in [3.63, 3.8) is 0 Å². The molecule has 1 fully saturated rings. The minimum Gasteiger partial charge on any atom is -0.370 e. The van der Waals surface area contributed by atoms with E-state index >= 15 is 0 Å². The van der Waals surface area contributed by atoms with Crippen LogP contribution in [0.3, 0.4) is 0 Å². The number of carbonyl (C=O) groups is 2. The lowest BCUT2D eigenvalue weighted by Crippen LogP contribution is -2.31. The highest BCUT2D eigenvalue weighted by Crippen LogP contribution is 2.36. The summed E-state index contributed by atoms with van der Waals surface area (Å²) in [5.41, 5.74) is 0.398. The largest absolute Gasteiger partial charge is 0.416 e. The van der Waals surface area contributed by atoms with Gasteiger partial charge in [0.1, 0.15) is 0 Å². The number of nitrogens with zero attached hydrogens (tertiary/aromatic N) is 1. The number of benzene rings is 2. The molecule has 2 amide bonds. The van der Waals surface area contributed by atoms with Gasteiger partial charge in [0.25, 0.3) is 5.91 Å². The minimum atomic E-state index is -4.50. The number of amides is 2. The average Bonchev–Trinajstić information content (AvgIpc) is 2.74. The van der Waals surface area contributed by atoms with Crippen LogP contribution in [0, 0.1) is 0 Å². The first-order valence-electron chi connectivity index (χ1n) is 9.94. The molecule has 2 aromatic rings. The van der Waals surface area contributed by atoms with Crippen LogP contribution >= 0.6 is 0 Å². The highest BCUT2D eigenvalue weighted by Gasteiger charge is 2.31. The van der Waals surface area contributed by atoms with Crippen molar-refractivity contribution >= 4 is 23.2 Å². The first-order valence-corrected chi connectivity index (χ1v) is 9.94. The second-order valence-corrected chi connectivity index (χ2v) is 7.20. The molecule has 0 unspecified atom stereocenters. The van der Waals surface area contributed by atoms with Crippen LogP contribution in [-0.2, 0) is 11.0 Å². The zero-order valence-corrected chi connectivity index (χ0v) is 16.5. The van der Waals surface area contributed by atoms with Crippen molar-refractivity contribution in [2.24, 2.45) is 0 Å². The number of rotatable bonds is 6. The molecule has 0 bridgehead atoms. The van der Waals surface area contributed by atoms with Crippen LogP contribution < -0.4 is 15.5 Å². The number of piperidine rings is 1. The zero-order chi connectivity index (χ0) is 21.6. The number of nitrogens with one attached hydrogen (secondary N) is 2. The normalized spacial score (nSPS) is 14.3. The van der Waals surface area contributed by atoms with E-state index in [0.717, 1.165) is 44.5 Å². The molecule has 160 valence electrons. The van der Waals surface area contributed by atoms with E-state index in [0.29, 0.717) is 11.3 Å². The molecule has 0 atom stereocenters. The quantitative estimate of drug-likeness (QED) is 0.727. The Kier molecular flexibility index (Phi) is 6.97. The van der Waals surface area contributed by atoms with E-state index < -0.39 is 17.6 Å². The summed E-state index contributed by atoms with van der Waals surface area (Å²) in [6, 6.07) is 12.0. The topological polar surface area (TPSA) is 61.4 Å². The Morgan fingerprint density at radius 3 is 2.33 bits per heavy atom. The maximum absolute atomic E-state index is 13.2. The van der Waals surface area contributed by atoms with E-state index in [-0.39, 0.29) is 24.6 Å². The lowest BCUT2D eigenvalue weighted by Gasteiger charge is -2.31. The van der Waals surface area contributed by atoms with Gasteiger partial charge in [-0.25, -0.2) is 0 Å². The Labute approximate surface area is 173 Å². The van der Waals surface area contributed by atoms with Gasteiger partial charge in [0.15, 0.2) is 0 Å². The first-order chi connectivity index (χ1) is 14.3. The minimum absolute atomic E-state index is 0.0474. The molecule has 1 saturated heterocycles. The van der Waals surface area contributed by atoms with E-state index in [9.17, 15) is 22.8 Å². The average molecular weight is 419 g/mol. The van der Waals surface area contributed by atoms with Crippen molar-refractivity contribution in [2.75, 3.05) is 29.9 Å². The number of anilines is 2. The lowest BCUT2D eigenvalue weighted by molar-refractivity contribution is -0.137. The van der Waals surface area contributed by atoms with E-state index in [1.54, 1.807) is 30.3 Å².